The van der Waals surface area contributed by atoms with Crippen LogP contribution in [-0.4, -0.2) is 17.2 Å². The first-order valence-electron chi connectivity index (χ1n) is 6.13. The summed E-state index contributed by atoms with van der Waals surface area (Å²) >= 11 is 0. The second-order valence-corrected chi connectivity index (χ2v) is 2.62. The molecule has 0 atom stereocenters. The molecule has 1 aromatic carbocycles. The Bertz CT molecular complexity index is 448. The van der Waals surface area contributed by atoms with Crippen LogP contribution in [0.2, 0.25) is 0 Å². The summed E-state index contributed by atoms with van der Waals surface area (Å²) in [5, 5.41) is 18.0. The van der Waals surface area contributed by atoms with Gasteiger partial charge >= 0.3 is 7.12 Å². The van der Waals surface area contributed by atoms with Gasteiger partial charge in [-0.1, -0.05) is 24.3 Å². The molecule has 2 N–H and O–H groups in total. The first kappa shape index (κ1) is 3.94. The number of hydrogen-bond acceptors (Lipinski definition) is 2. The molecule has 0 spiro atoms. The number of benzene rings is 1. The van der Waals surface area contributed by atoms with E-state index >= 15 is 0 Å². The van der Waals surface area contributed by atoms with Gasteiger partial charge in [-0.3, -0.25) is 0 Å². The van der Waals surface area contributed by atoms with Gasteiger partial charge in [0.15, 0.2) is 0 Å². The fourth-order valence-electron chi connectivity index (χ4n) is 1.03. The van der Waals surface area contributed by atoms with Crippen LogP contribution in [0.5, 0.6) is 0 Å². The lowest BCUT2D eigenvalue weighted by Gasteiger charge is -2.01. The third-order valence-electron chi connectivity index (χ3n) is 1.72. The highest BCUT2D eigenvalue weighted by atomic mass is 16.4. The summed E-state index contributed by atoms with van der Waals surface area (Å²) in [7, 11) is -1.71. The maximum atomic E-state index is 9.00. The third kappa shape index (κ3) is 1.52. The lowest BCUT2D eigenvalue weighted by atomic mass is 9.79. The average Bonchev–Trinajstić information content (AvgIpc) is 2.57. The normalized spacial score (nSPS) is 33.3. The average molecular weight is 167 g/mol. The molecule has 62 valence electrons. The summed E-state index contributed by atoms with van der Waals surface area (Å²) in [5.41, 5.74) is 0.228. The molecule has 1 aliphatic carbocycles. The van der Waals surface area contributed by atoms with Crippen molar-refractivity contribution in [3.8, 4) is 0 Å². The van der Waals surface area contributed by atoms with Gasteiger partial charge in [0.1, 0.15) is 0 Å². The Labute approximate surface area is 79.0 Å². The highest BCUT2D eigenvalue weighted by Gasteiger charge is 2.24. The van der Waals surface area contributed by atoms with Gasteiger partial charge in [0, 0.05) is 6.85 Å². The van der Waals surface area contributed by atoms with Crippen LogP contribution in [0.3, 0.4) is 0 Å². The Kier molecular flexibility index (Phi) is 0.960. The van der Waals surface area contributed by atoms with E-state index < -0.39 is 25.8 Å². The smallest absolute Gasteiger partial charge is 0.423 e. The van der Waals surface area contributed by atoms with E-state index in [9.17, 15) is 0 Å². The Hall–Kier alpha value is -0.795. The van der Waals surface area contributed by atoms with Gasteiger partial charge in [-0.25, -0.2) is 0 Å². The van der Waals surface area contributed by atoms with Crippen molar-refractivity contribution in [2.24, 2.45) is 0 Å². The van der Waals surface area contributed by atoms with E-state index in [1.807, 2.05) is 0 Å². The van der Waals surface area contributed by atoms with Gasteiger partial charge in [-0.15, -0.1) is 0 Å². The first-order chi connectivity index (χ1) is 7.66. The van der Waals surface area contributed by atoms with Gasteiger partial charge in [0.25, 0.3) is 0 Å². The summed E-state index contributed by atoms with van der Waals surface area (Å²) in [6.45, 7) is 0. The maximum Gasteiger partial charge on any atom is 0.488 e. The van der Waals surface area contributed by atoms with Gasteiger partial charge in [-0.2, -0.15) is 0 Å². The topological polar surface area (TPSA) is 40.5 Å². The summed E-state index contributed by atoms with van der Waals surface area (Å²) in [4.78, 5) is 0. The van der Waals surface area contributed by atoms with Crippen LogP contribution in [0.25, 0.3) is 0 Å². The fraction of sp³-hybridized carbons (Fsp3) is 0.333. The molecule has 0 aromatic heterocycles. The van der Waals surface area contributed by atoms with Crippen LogP contribution in [0, 0.1) is 0 Å². The van der Waals surface area contributed by atoms with Crippen molar-refractivity contribution in [3.63, 3.8) is 0 Å². The Morgan fingerprint density at radius 1 is 1.50 bits per heavy atom. The fourth-order valence-corrected chi connectivity index (χ4v) is 1.03. The minimum atomic E-state index is -2.28. The number of hydrogen-bond donors (Lipinski definition) is 2. The second-order valence-electron chi connectivity index (χ2n) is 2.62. The van der Waals surface area contributed by atoms with Crippen molar-refractivity contribution in [1.29, 1.82) is 0 Å². The molecule has 0 radical (unpaired) electrons. The molecule has 1 saturated carbocycles. The minimum absolute atomic E-state index is 0.109. The Morgan fingerprint density at radius 2 is 2.25 bits per heavy atom. The first-order valence-corrected chi connectivity index (χ1v) is 3.63. The van der Waals surface area contributed by atoms with E-state index in [1.54, 1.807) is 0 Å². The second kappa shape index (κ2) is 2.92. The van der Waals surface area contributed by atoms with E-state index in [0.29, 0.717) is 0 Å². The van der Waals surface area contributed by atoms with E-state index in [4.69, 9.17) is 16.9 Å². The van der Waals surface area contributed by atoms with Crippen molar-refractivity contribution < 1.29 is 16.9 Å². The van der Waals surface area contributed by atoms with Crippen molar-refractivity contribution in [2.45, 2.75) is 18.6 Å². The van der Waals surface area contributed by atoms with Gasteiger partial charge in [0.05, 0.1) is 0 Å². The molecule has 2 rings (SSSR count). The van der Waals surface area contributed by atoms with E-state index in [1.165, 1.54) is 24.3 Å². The van der Waals surface area contributed by atoms with E-state index in [2.05, 4.69) is 0 Å². The molecule has 3 heteroatoms. The van der Waals surface area contributed by atoms with Crippen molar-refractivity contribution >= 4 is 12.6 Å². The van der Waals surface area contributed by atoms with Crippen molar-refractivity contribution in [1.82, 2.24) is 0 Å². The lowest BCUT2D eigenvalue weighted by molar-refractivity contribution is 0.425. The summed E-state index contributed by atoms with van der Waals surface area (Å²) < 4.78 is 37.9. The van der Waals surface area contributed by atoms with Crippen LogP contribution >= 0.6 is 0 Å². The van der Waals surface area contributed by atoms with Crippen LogP contribution in [0.1, 0.15) is 31.1 Å². The Balaban J connectivity index is 2.47. The highest BCUT2D eigenvalue weighted by molar-refractivity contribution is 6.58. The quantitative estimate of drug-likeness (QED) is 0.619. The molecule has 0 aliphatic heterocycles. The zero-order chi connectivity index (χ0) is 13.1. The third-order valence-corrected chi connectivity index (χ3v) is 1.72. The SMILES string of the molecule is [2H]C1([2H])C([2H])([2H])C1([2H])c1cccc(B(O)O)c1. The maximum absolute atomic E-state index is 9.00. The predicted octanol–water partition coefficient (Wildman–Crippen LogP) is 0.244. The summed E-state index contributed by atoms with van der Waals surface area (Å²) in [6, 6.07) is 5.54. The molecule has 0 bridgehead atoms. The van der Waals surface area contributed by atoms with E-state index in [0.717, 1.165) is 0 Å². The molecule has 1 aromatic rings. The minimum Gasteiger partial charge on any atom is -0.423 e. The summed E-state index contributed by atoms with van der Waals surface area (Å²) in [5.74, 6) is -2.00. The monoisotopic (exact) mass is 167 g/mol. The molecule has 0 unspecified atom stereocenters. The van der Waals surface area contributed by atoms with Gasteiger partial charge < -0.3 is 10.0 Å². The molecule has 12 heavy (non-hydrogen) atoms. The molecule has 0 saturated heterocycles. The number of rotatable bonds is 2. The Morgan fingerprint density at radius 3 is 2.83 bits per heavy atom. The standard InChI is InChI=1S/C9H11BO2/c11-10(12)9-3-1-2-8(6-9)7-4-5-7/h1-3,6-7,11-12H,4-5H2/i4D2,5D2,7D. The summed E-state index contributed by atoms with van der Waals surface area (Å²) in [6.07, 6.45) is -4.56. The largest absolute Gasteiger partial charge is 0.488 e. The van der Waals surface area contributed by atoms with Gasteiger partial charge in [-0.05, 0) is 29.7 Å². The van der Waals surface area contributed by atoms with Gasteiger partial charge in [0.2, 0.25) is 0 Å². The zero-order valence-electron chi connectivity index (χ0n) is 11.3. The van der Waals surface area contributed by atoms with E-state index in [-0.39, 0.29) is 11.0 Å². The zero-order valence-corrected chi connectivity index (χ0v) is 6.28. The van der Waals surface area contributed by atoms with Crippen LogP contribution in [0.15, 0.2) is 24.3 Å². The molecule has 0 heterocycles. The lowest BCUT2D eigenvalue weighted by Crippen LogP contribution is -2.29. The molecule has 1 fully saturated rings. The molecule has 0 amide bonds. The molecular weight excluding hydrogens is 151 g/mol. The van der Waals surface area contributed by atoms with Crippen molar-refractivity contribution in [2.75, 3.05) is 0 Å². The van der Waals surface area contributed by atoms with Crippen LogP contribution in [-0.2, 0) is 0 Å². The molecular formula is C9H11BO2. The predicted molar refractivity (Wildman–Crippen MR) is 48.2 cm³/mol. The molecule has 1 aliphatic rings. The molecule has 2 nitrogen and oxygen atoms in total. The van der Waals surface area contributed by atoms with Crippen molar-refractivity contribution in [3.05, 3.63) is 29.8 Å². The van der Waals surface area contributed by atoms with Crippen LogP contribution < -0.4 is 5.46 Å². The highest BCUT2D eigenvalue weighted by Crippen LogP contribution is 2.39. The van der Waals surface area contributed by atoms with Crippen LogP contribution in [0.4, 0.5) is 0 Å².